The first-order chi connectivity index (χ1) is 8.63. The van der Waals surface area contributed by atoms with E-state index in [2.05, 4.69) is 10.4 Å². The molecule has 0 aliphatic carbocycles. The predicted molar refractivity (Wildman–Crippen MR) is 63.1 cm³/mol. The molecule has 1 heterocycles. The quantitative estimate of drug-likeness (QED) is 0.851. The summed E-state index contributed by atoms with van der Waals surface area (Å²) in [4.78, 5) is 0. The van der Waals surface area contributed by atoms with Crippen molar-refractivity contribution in [3.05, 3.63) is 48.3 Å². The molecule has 0 saturated carbocycles. The number of nitrogens with one attached hydrogen (secondary N) is 1. The molecule has 0 aliphatic heterocycles. The Morgan fingerprint density at radius 1 is 1.28 bits per heavy atom. The summed E-state index contributed by atoms with van der Waals surface area (Å²) >= 11 is 0. The molecule has 0 aliphatic rings. The van der Waals surface area contributed by atoms with Gasteiger partial charge in [-0.25, -0.2) is 8.78 Å². The minimum atomic E-state index is -0.698. The summed E-state index contributed by atoms with van der Waals surface area (Å²) in [5.74, 6) is -1.31. The first-order valence-corrected chi connectivity index (χ1v) is 5.49. The summed E-state index contributed by atoms with van der Waals surface area (Å²) in [6, 6.07) is 4.89. The van der Waals surface area contributed by atoms with Crippen molar-refractivity contribution in [3.63, 3.8) is 0 Å². The van der Waals surface area contributed by atoms with Gasteiger partial charge in [0.1, 0.15) is 11.6 Å². The molecule has 4 nitrogen and oxygen atoms in total. The summed E-state index contributed by atoms with van der Waals surface area (Å²) in [7, 11) is 0. The second-order valence-electron chi connectivity index (χ2n) is 3.92. The number of benzene rings is 1. The molecule has 1 unspecified atom stereocenters. The lowest BCUT2D eigenvalue weighted by molar-refractivity contribution is 0.161. The van der Waals surface area contributed by atoms with E-state index in [1.807, 2.05) is 0 Å². The molecule has 1 atom stereocenters. The van der Waals surface area contributed by atoms with Crippen LogP contribution in [-0.2, 0) is 6.54 Å². The van der Waals surface area contributed by atoms with Crippen molar-refractivity contribution in [2.24, 2.45) is 0 Å². The van der Waals surface area contributed by atoms with E-state index in [1.165, 1.54) is 12.1 Å². The summed E-state index contributed by atoms with van der Waals surface area (Å²) in [5, 5.41) is 16.4. The van der Waals surface area contributed by atoms with Crippen molar-refractivity contribution in [2.45, 2.75) is 12.6 Å². The molecular weight excluding hydrogens is 240 g/mol. The average molecular weight is 253 g/mol. The van der Waals surface area contributed by atoms with Gasteiger partial charge in [0.15, 0.2) is 0 Å². The zero-order valence-electron chi connectivity index (χ0n) is 9.55. The zero-order chi connectivity index (χ0) is 13.0. The summed E-state index contributed by atoms with van der Waals surface area (Å²) < 4.78 is 27.4. The molecule has 2 N–H and O–H groups in total. The molecule has 0 spiro atoms. The van der Waals surface area contributed by atoms with Crippen molar-refractivity contribution >= 4 is 5.69 Å². The van der Waals surface area contributed by atoms with Gasteiger partial charge in [-0.15, -0.1) is 0 Å². The highest BCUT2D eigenvalue weighted by molar-refractivity contribution is 5.43. The Morgan fingerprint density at radius 2 is 2.00 bits per heavy atom. The molecule has 96 valence electrons. The minimum absolute atomic E-state index is 0.183. The smallest absolute Gasteiger partial charge is 0.128 e. The summed E-state index contributed by atoms with van der Waals surface area (Å²) in [6.07, 6.45) is 2.64. The maximum atomic E-state index is 12.9. The maximum absolute atomic E-state index is 12.9. The van der Waals surface area contributed by atoms with Crippen molar-refractivity contribution < 1.29 is 13.9 Å². The molecule has 6 heteroatoms. The SMILES string of the molecule is OC(CNc1cc(F)cc(F)c1)Cn1cccn1. The molecule has 18 heavy (non-hydrogen) atoms. The van der Waals surface area contributed by atoms with Crippen LogP contribution in [0.15, 0.2) is 36.7 Å². The highest BCUT2D eigenvalue weighted by atomic mass is 19.1. The van der Waals surface area contributed by atoms with Crippen LogP contribution in [0.2, 0.25) is 0 Å². The fourth-order valence-electron chi connectivity index (χ4n) is 1.58. The fraction of sp³-hybridized carbons (Fsp3) is 0.250. The Labute approximate surface area is 103 Å². The number of anilines is 1. The van der Waals surface area contributed by atoms with Crippen LogP contribution in [0, 0.1) is 11.6 Å². The van der Waals surface area contributed by atoms with Gasteiger partial charge in [0.2, 0.25) is 0 Å². The number of aromatic nitrogens is 2. The van der Waals surface area contributed by atoms with Crippen molar-refractivity contribution in [1.29, 1.82) is 0 Å². The van der Waals surface area contributed by atoms with Crippen LogP contribution in [0.3, 0.4) is 0 Å². The fourth-order valence-corrected chi connectivity index (χ4v) is 1.58. The lowest BCUT2D eigenvalue weighted by Gasteiger charge is -2.13. The predicted octanol–water partition coefficient (Wildman–Crippen LogP) is 1.63. The number of hydrogen-bond donors (Lipinski definition) is 2. The summed E-state index contributed by atoms with van der Waals surface area (Å²) in [5.41, 5.74) is 0.298. The third-order valence-electron chi connectivity index (χ3n) is 2.36. The first kappa shape index (κ1) is 12.5. The number of nitrogens with zero attached hydrogens (tertiary/aromatic N) is 2. The lowest BCUT2D eigenvalue weighted by Crippen LogP contribution is -2.25. The van der Waals surface area contributed by atoms with Crippen molar-refractivity contribution in [2.75, 3.05) is 11.9 Å². The molecule has 2 rings (SSSR count). The van der Waals surface area contributed by atoms with Crippen LogP contribution < -0.4 is 5.32 Å². The van der Waals surface area contributed by atoms with Gasteiger partial charge in [-0.3, -0.25) is 4.68 Å². The highest BCUT2D eigenvalue weighted by Crippen LogP contribution is 2.12. The third kappa shape index (κ3) is 3.53. The van der Waals surface area contributed by atoms with Crippen molar-refractivity contribution in [1.82, 2.24) is 9.78 Å². The Kier molecular flexibility index (Phi) is 3.88. The van der Waals surface area contributed by atoms with Crippen LogP contribution in [0.4, 0.5) is 14.5 Å². The van der Waals surface area contributed by atoms with Gasteiger partial charge in [0.25, 0.3) is 0 Å². The van der Waals surface area contributed by atoms with Gasteiger partial charge in [0, 0.05) is 30.7 Å². The van der Waals surface area contributed by atoms with Crippen LogP contribution in [-0.4, -0.2) is 27.5 Å². The molecule has 2 aromatic rings. The molecule has 0 bridgehead atoms. The van der Waals surface area contributed by atoms with Crippen LogP contribution >= 0.6 is 0 Å². The Balaban J connectivity index is 1.87. The highest BCUT2D eigenvalue weighted by Gasteiger charge is 2.06. The van der Waals surface area contributed by atoms with E-state index < -0.39 is 17.7 Å². The van der Waals surface area contributed by atoms with Crippen LogP contribution in [0.25, 0.3) is 0 Å². The monoisotopic (exact) mass is 253 g/mol. The topological polar surface area (TPSA) is 50.1 Å². The van der Waals surface area contributed by atoms with Crippen molar-refractivity contribution in [3.8, 4) is 0 Å². The third-order valence-corrected chi connectivity index (χ3v) is 2.36. The molecule has 0 saturated heterocycles. The molecule has 0 fully saturated rings. The van der Waals surface area contributed by atoms with E-state index in [-0.39, 0.29) is 6.54 Å². The lowest BCUT2D eigenvalue weighted by atomic mass is 10.2. The van der Waals surface area contributed by atoms with Gasteiger partial charge < -0.3 is 10.4 Å². The number of aliphatic hydroxyl groups is 1. The van der Waals surface area contributed by atoms with E-state index in [9.17, 15) is 13.9 Å². The number of hydrogen-bond acceptors (Lipinski definition) is 3. The molecule has 0 radical (unpaired) electrons. The van der Waals surface area contributed by atoms with Gasteiger partial charge in [-0.1, -0.05) is 0 Å². The zero-order valence-corrected chi connectivity index (χ0v) is 9.55. The normalized spacial score (nSPS) is 12.4. The van der Waals surface area contributed by atoms with E-state index in [4.69, 9.17) is 0 Å². The van der Waals surface area contributed by atoms with E-state index >= 15 is 0 Å². The van der Waals surface area contributed by atoms with E-state index in [0.717, 1.165) is 6.07 Å². The molecular formula is C12H13F2N3O. The van der Waals surface area contributed by atoms with Gasteiger partial charge >= 0.3 is 0 Å². The largest absolute Gasteiger partial charge is 0.389 e. The minimum Gasteiger partial charge on any atom is -0.389 e. The standard InChI is InChI=1S/C12H13F2N3O/c13-9-4-10(14)6-11(5-9)15-7-12(18)8-17-3-1-2-16-17/h1-6,12,15,18H,7-8H2. The number of rotatable bonds is 5. The summed E-state index contributed by atoms with van der Waals surface area (Å²) in [6.45, 7) is 0.501. The van der Waals surface area contributed by atoms with Crippen LogP contribution in [0.1, 0.15) is 0 Å². The Morgan fingerprint density at radius 3 is 2.61 bits per heavy atom. The Bertz CT molecular complexity index is 482. The molecule has 1 aromatic carbocycles. The van der Waals surface area contributed by atoms with Gasteiger partial charge in [0.05, 0.1) is 12.6 Å². The first-order valence-electron chi connectivity index (χ1n) is 5.49. The molecule has 1 aromatic heterocycles. The molecule has 0 amide bonds. The van der Waals surface area contributed by atoms with E-state index in [0.29, 0.717) is 12.2 Å². The maximum Gasteiger partial charge on any atom is 0.128 e. The second kappa shape index (κ2) is 5.59. The van der Waals surface area contributed by atoms with E-state index in [1.54, 1.807) is 23.1 Å². The Hall–Kier alpha value is -1.95. The van der Waals surface area contributed by atoms with Crippen LogP contribution in [0.5, 0.6) is 0 Å². The van der Waals surface area contributed by atoms with Gasteiger partial charge in [-0.2, -0.15) is 5.10 Å². The average Bonchev–Trinajstić information content (AvgIpc) is 2.78. The number of aliphatic hydroxyl groups excluding tert-OH is 1. The second-order valence-corrected chi connectivity index (χ2v) is 3.92. The van der Waals surface area contributed by atoms with Gasteiger partial charge in [-0.05, 0) is 18.2 Å². The number of halogens is 2.